The third-order valence-electron chi connectivity index (χ3n) is 2.39. The van der Waals surface area contributed by atoms with Crippen LogP contribution in [0, 0.1) is 11.6 Å². The molecule has 2 rings (SSSR count). The lowest BCUT2D eigenvalue weighted by atomic mass is 10.2. The molecule has 0 aliphatic carbocycles. The first-order chi connectivity index (χ1) is 9.58. The fourth-order valence-corrected chi connectivity index (χ4v) is 1.52. The van der Waals surface area contributed by atoms with Gasteiger partial charge in [-0.15, -0.1) is 0 Å². The largest absolute Gasteiger partial charge is 0.387 e. The summed E-state index contributed by atoms with van der Waals surface area (Å²) >= 11 is 0. The first-order valence-electron chi connectivity index (χ1n) is 5.75. The first kappa shape index (κ1) is 14.1. The standard InChI is InChI=1S/C12H11F2N3O3/c13-8-3-7(4-9(14)5-8)12-16-11(20-17-12)1-2-15-10(19)6-18/h3-5,18H,1-2,6H2,(H,15,19). The van der Waals surface area contributed by atoms with Crippen molar-refractivity contribution in [2.75, 3.05) is 13.2 Å². The molecule has 1 aromatic heterocycles. The molecule has 0 spiro atoms. The topological polar surface area (TPSA) is 88.2 Å². The highest BCUT2D eigenvalue weighted by Crippen LogP contribution is 2.18. The van der Waals surface area contributed by atoms with Crippen molar-refractivity contribution in [2.24, 2.45) is 0 Å². The predicted octanol–water partition coefficient (Wildman–Crippen LogP) is 0.666. The number of nitrogens with zero attached hydrogens (tertiary/aromatic N) is 2. The minimum atomic E-state index is -0.735. The number of hydrogen-bond acceptors (Lipinski definition) is 5. The summed E-state index contributed by atoms with van der Waals surface area (Å²) in [4.78, 5) is 14.8. The maximum atomic E-state index is 13.1. The number of carbonyl (C=O) groups is 1. The molecule has 0 saturated carbocycles. The van der Waals surface area contributed by atoms with Gasteiger partial charge in [-0.3, -0.25) is 4.79 Å². The van der Waals surface area contributed by atoms with Crippen LogP contribution in [0.3, 0.4) is 0 Å². The van der Waals surface area contributed by atoms with E-state index in [0.29, 0.717) is 0 Å². The van der Waals surface area contributed by atoms with Crippen molar-refractivity contribution >= 4 is 5.91 Å². The lowest BCUT2D eigenvalue weighted by molar-refractivity contribution is -0.123. The Morgan fingerprint density at radius 1 is 1.30 bits per heavy atom. The molecule has 0 unspecified atom stereocenters. The Labute approximate surface area is 112 Å². The van der Waals surface area contributed by atoms with E-state index in [0.717, 1.165) is 18.2 Å². The second kappa shape index (κ2) is 6.20. The van der Waals surface area contributed by atoms with Crippen LogP contribution in [0.25, 0.3) is 11.4 Å². The van der Waals surface area contributed by atoms with Gasteiger partial charge in [0.15, 0.2) is 0 Å². The summed E-state index contributed by atoms with van der Waals surface area (Å²) in [6.45, 7) is -0.393. The van der Waals surface area contributed by atoms with Crippen molar-refractivity contribution in [1.82, 2.24) is 15.5 Å². The molecule has 0 saturated heterocycles. The molecule has 8 heteroatoms. The average molecular weight is 283 g/mol. The van der Waals surface area contributed by atoms with Gasteiger partial charge < -0.3 is 14.9 Å². The lowest BCUT2D eigenvalue weighted by Gasteiger charge is -1.98. The molecule has 0 aliphatic rings. The summed E-state index contributed by atoms with van der Waals surface area (Å²) in [5.74, 6) is -1.71. The zero-order valence-electron chi connectivity index (χ0n) is 10.3. The molecule has 0 bridgehead atoms. The quantitative estimate of drug-likeness (QED) is 0.841. The molecular weight excluding hydrogens is 272 g/mol. The SMILES string of the molecule is O=C(CO)NCCc1nc(-c2cc(F)cc(F)c2)no1. The highest BCUT2D eigenvalue weighted by atomic mass is 19.1. The molecule has 20 heavy (non-hydrogen) atoms. The Hall–Kier alpha value is -2.35. The van der Waals surface area contributed by atoms with Crippen LogP contribution in [0.4, 0.5) is 8.78 Å². The summed E-state index contributed by atoms with van der Waals surface area (Å²) in [6.07, 6.45) is 0.247. The van der Waals surface area contributed by atoms with Crippen LogP contribution in [0.1, 0.15) is 5.89 Å². The number of carbonyl (C=O) groups excluding carboxylic acids is 1. The number of rotatable bonds is 5. The molecule has 0 fully saturated rings. The molecule has 2 N–H and O–H groups in total. The van der Waals surface area contributed by atoms with Crippen LogP contribution in [-0.2, 0) is 11.2 Å². The lowest BCUT2D eigenvalue weighted by Crippen LogP contribution is -2.28. The number of aliphatic hydroxyl groups excluding tert-OH is 1. The normalized spacial score (nSPS) is 10.6. The molecule has 1 heterocycles. The highest BCUT2D eigenvalue weighted by Gasteiger charge is 2.11. The Morgan fingerprint density at radius 2 is 2.00 bits per heavy atom. The molecule has 1 amide bonds. The summed E-state index contributed by atoms with van der Waals surface area (Å²) in [7, 11) is 0. The van der Waals surface area contributed by atoms with Crippen molar-refractivity contribution in [3.8, 4) is 11.4 Å². The zero-order valence-corrected chi connectivity index (χ0v) is 10.3. The van der Waals surface area contributed by atoms with E-state index in [-0.39, 0.29) is 30.2 Å². The maximum Gasteiger partial charge on any atom is 0.245 e. The van der Waals surface area contributed by atoms with Crippen molar-refractivity contribution in [3.05, 3.63) is 35.7 Å². The van der Waals surface area contributed by atoms with Gasteiger partial charge in [-0.25, -0.2) is 8.78 Å². The summed E-state index contributed by atoms with van der Waals surface area (Å²) in [5.41, 5.74) is 0.164. The smallest absolute Gasteiger partial charge is 0.245 e. The van der Waals surface area contributed by atoms with Gasteiger partial charge in [-0.05, 0) is 12.1 Å². The first-order valence-corrected chi connectivity index (χ1v) is 5.75. The maximum absolute atomic E-state index is 13.1. The van der Waals surface area contributed by atoms with Crippen LogP contribution in [0.15, 0.2) is 22.7 Å². The summed E-state index contributed by atoms with van der Waals surface area (Å²) < 4.78 is 31.0. The van der Waals surface area contributed by atoms with E-state index in [1.165, 1.54) is 0 Å². The fraction of sp³-hybridized carbons (Fsp3) is 0.250. The Kier molecular flexibility index (Phi) is 4.36. The number of amides is 1. The van der Waals surface area contributed by atoms with Crippen LogP contribution in [0.2, 0.25) is 0 Å². The van der Waals surface area contributed by atoms with E-state index in [1.807, 2.05) is 0 Å². The molecular formula is C12H11F2N3O3. The van der Waals surface area contributed by atoms with Gasteiger partial charge in [0, 0.05) is 24.6 Å². The van der Waals surface area contributed by atoms with Gasteiger partial charge in [-0.1, -0.05) is 5.16 Å². The Morgan fingerprint density at radius 3 is 2.65 bits per heavy atom. The number of aliphatic hydroxyl groups is 1. The van der Waals surface area contributed by atoms with E-state index in [4.69, 9.17) is 9.63 Å². The monoisotopic (exact) mass is 283 g/mol. The second-order valence-electron chi connectivity index (χ2n) is 3.93. The summed E-state index contributed by atoms with van der Waals surface area (Å²) in [6, 6.07) is 2.92. The van der Waals surface area contributed by atoms with E-state index < -0.39 is 24.1 Å². The number of benzene rings is 1. The van der Waals surface area contributed by atoms with E-state index in [9.17, 15) is 13.6 Å². The molecule has 1 aromatic carbocycles. The van der Waals surface area contributed by atoms with Crippen LogP contribution in [0.5, 0.6) is 0 Å². The third kappa shape index (κ3) is 3.58. The minimum Gasteiger partial charge on any atom is -0.387 e. The molecule has 2 aromatic rings. The highest BCUT2D eigenvalue weighted by molar-refractivity contribution is 5.76. The number of nitrogens with one attached hydrogen (secondary N) is 1. The Bertz CT molecular complexity index is 595. The fourth-order valence-electron chi connectivity index (χ4n) is 1.52. The van der Waals surface area contributed by atoms with Crippen molar-refractivity contribution in [1.29, 1.82) is 0 Å². The van der Waals surface area contributed by atoms with E-state index in [2.05, 4.69) is 15.5 Å². The van der Waals surface area contributed by atoms with Gasteiger partial charge in [-0.2, -0.15) is 4.98 Å². The van der Waals surface area contributed by atoms with Crippen molar-refractivity contribution in [3.63, 3.8) is 0 Å². The van der Waals surface area contributed by atoms with E-state index >= 15 is 0 Å². The van der Waals surface area contributed by atoms with Crippen LogP contribution < -0.4 is 5.32 Å². The number of aromatic nitrogens is 2. The van der Waals surface area contributed by atoms with Crippen molar-refractivity contribution < 1.29 is 23.2 Å². The van der Waals surface area contributed by atoms with Gasteiger partial charge in [0.2, 0.25) is 17.6 Å². The molecule has 6 nitrogen and oxygen atoms in total. The van der Waals surface area contributed by atoms with Crippen LogP contribution in [-0.4, -0.2) is 34.3 Å². The predicted molar refractivity (Wildman–Crippen MR) is 63.4 cm³/mol. The van der Waals surface area contributed by atoms with Crippen molar-refractivity contribution in [2.45, 2.75) is 6.42 Å². The Balaban J connectivity index is 2.03. The van der Waals surface area contributed by atoms with E-state index in [1.54, 1.807) is 0 Å². The molecule has 0 atom stereocenters. The molecule has 106 valence electrons. The zero-order chi connectivity index (χ0) is 14.5. The van der Waals surface area contributed by atoms with Gasteiger partial charge in [0.05, 0.1) is 0 Å². The van der Waals surface area contributed by atoms with Gasteiger partial charge >= 0.3 is 0 Å². The van der Waals surface area contributed by atoms with Gasteiger partial charge in [0.1, 0.15) is 18.2 Å². The minimum absolute atomic E-state index is 0.0619. The molecule has 0 radical (unpaired) electrons. The number of halogens is 2. The third-order valence-corrected chi connectivity index (χ3v) is 2.39. The molecule has 0 aliphatic heterocycles. The van der Waals surface area contributed by atoms with Gasteiger partial charge in [0.25, 0.3) is 0 Å². The average Bonchev–Trinajstić information content (AvgIpc) is 2.86. The summed E-state index contributed by atoms with van der Waals surface area (Å²) in [5, 5.41) is 14.5. The second-order valence-corrected chi connectivity index (χ2v) is 3.93. The van der Waals surface area contributed by atoms with Crippen LogP contribution >= 0.6 is 0 Å². The number of hydrogen-bond donors (Lipinski definition) is 2.